The van der Waals surface area contributed by atoms with Crippen molar-refractivity contribution in [2.45, 2.75) is 27.7 Å². The topological polar surface area (TPSA) is 51.4 Å². The lowest BCUT2D eigenvalue weighted by Crippen LogP contribution is -2.32. The van der Waals surface area contributed by atoms with Crippen LogP contribution in [0.4, 0.5) is 11.5 Å². The van der Waals surface area contributed by atoms with Gasteiger partial charge in [-0.15, -0.1) is 0 Å². The Morgan fingerprint density at radius 1 is 1.17 bits per heavy atom. The van der Waals surface area contributed by atoms with Crippen molar-refractivity contribution in [3.63, 3.8) is 0 Å². The van der Waals surface area contributed by atoms with E-state index < -0.39 is 0 Å². The van der Waals surface area contributed by atoms with Crippen LogP contribution in [-0.2, 0) is 0 Å². The lowest BCUT2D eigenvalue weighted by atomic mass is 10.1. The zero-order chi connectivity index (χ0) is 13.7. The first-order valence-electron chi connectivity index (χ1n) is 6.49. The summed E-state index contributed by atoms with van der Waals surface area (Å²) in [6.45, 7) is 10.8. The molecule has 0 amide bonds. The molecule has 0 unspecified atom stereocenters. The molecular weight excluding hydrogens is 226 g/mol. The van der Waals surface area contributed by atoms with E-state index >= 15 is 0 Å². The Hall–Kier alpha value is -1.45. The molecule has 102 valence electrons. The van der Waals surface area contributed by atoms with Gasteiger partial charge in [0.05, 0.1) is 12.8 Å². The van der Waals surface area contributed by atoms with Gasteiger partial charge in [0.25, 0.3) is 0 Å². The standard InChI is InChI=1S/C14H25N3O/c1-10(2)8-17(9-11(3)4)13-7-6-12(15)14(16-13)18-5/h6-7,10-11H,8-9,15H2,1-5H3. The Morgan fingerprint density at radius 2 is 1.72 bits per heavy atom. The fourth-order valence-electron chi connectivity index (χ4n) is 1.92. The summed E-state index contributed by atoms with van der Waals surface area (Å²) >= 11 is 0. The van der Waals surface area contributed by atoms with Crippen LogP contribution < -0.4 is 15.4 Å². The minimum atomic E-state index is 0.505. The first-order valence-corrected chi connectivity index (χ1v) is 6.49. The van der Waals surface area contributed by atoms with Crippen molar-refractivity contribution in [2.24, 2.45) is 11.8 Å². The molecular formula is C14H25N3O. The van der Waals surface area contributed by atoms with Crippen molar-refractivity contribution in [3.8, 4) is 5.88 Å². The quantitative estimate of drug-likeness (QED) is 0.844. The molecule has 0 saturated carbocycles. The number of anilines is 2. The third kappa shape index (κ3) is 4.09. The highest BCUT2D eigenvalue weighted by Crippen LogP contribution is 2.23. The molecule has 0 saturated heterocycles. The Morgan fingerprint density at radius 3 is 2.17 bits per heavy atom. The van der Waals surface area contributed by atoms with E-state index in [1.165, 1.54) is 0 Å². The van der Waals surface area contributed by atoms with E-state index in [4.69, 9.17) is 10.5 Å². The van der Waals surface area contributed by atoms with Crippen molar-refractivity contribution in [1.29, 1.82) is 0 Å². The third-order valence-corrected chi connectivity index (χ3v) is 2.56. The molecule has 1 rings (SSSR count). The average molecular weight is 251 g/mol. The Kier molecular flexibility index (Phi) is 5.25. The van der Waals surface area contributed by atoms with E-state index in [1.807, 2.05) is 12.1 Å². The highest BCUT2D eigenvalue weighted by molar-refractivity contribution is 5.54. The van der Waals surface area contributed by atoms with Crippen LogP contribution in [0.3, 0.4) is 0 Å². The Labute approximate surface area is 110 Å². The predicted octanol–water partition coefficient (Wildman–Crippen LogP) is 2.79. The van der Waals surface area contributed by atoms with Gasteiger partial charge in [-0.05, 0) is 24.0 Å². The predicted molar refractivity (Wildman–Crippen MR) is 77.1 cm³/mol. The van der Waals surface area contributed by atoms with Gasteiger partial charge in [-0.3, -0.25) is 0 Å². The molecule has 0 bridgehead atoms. The number of nitrogens with two attached hydrogens (primary N) is 1. The smallest absolute Gasteiger partial charge is 0.238 e. The number of ether oxygens (including phenoxy) is 1. The van der Waals surface area contributed by atoms with E-state index in [9.17, 15) is 0 Å². The summed E-state index contributed by atoms with van der Waals surface area (Å²) in [6.07, 6.45) is 0. The molecule has 0 aliphatic rings. The van der Waals surface area contributed by atoms with Gasteiger partial charge in [0.2, 0.25) is 5.88 Å². The molecule has 0 atom stereocenters. The molecule has 2 N–H and O–H groups in total. The van der Waals surface area contributed by atoms with Gasteiger partial charge < -0.3 is 15.4 Å². The third-order valence-electron chi connectivity index (χ3n) is 2.56. The summed E-state index contributed by atoms with van der Waals surface area (Å²) in [6, 6.07) is 3.82. The van der Waals surface area contributed by atoms with Crippen LogP contribution in [0.5, 0.6) is 5.88 Å². The summed E-state index contributed by atoms with van der Waals surface area (Å²) < 4.78 is 5.18. The largest absolute Gasteiger partial charge is 0.479 e. The second-order valence-corrected chi connectivity index (χ2v) is 5.46. The summed E-state index contributed by atoms with van der Waals surface area (Å²) in [5.74, 6) is 2.62. The van der Waals surface area contributed by atoms with E-state index in [2.05, 4.69) is 37.6 Å². The molecule has 0 aliphatic carbocycles. The number of nitrogens with zero attached hydrogens (tertiary/aromatic N) is 2. The number of hydrogen-bond donors (Lipinski definition) is 1. The molecule has 0 aromatic carbocycles. The maximum atomic E-state index is 5.80. The normalized spacial score (nSPS) is 11.1. The Balaban J connectivity index is 2.96. The van der Waals surface area contributed by atoms with Crippen molar-refractivity contribution in [1.82, 2.24) is 4.98 Å². The number of rotatable bonds is 6. The second kappa shape index (κ2) is 6.47. The minimum absolute atomic E-state index is 0.505. The maximum absolute atomic E-state index is 5.80. The molecule has 4 heteroatoms. The van der Waals surface area contributed by atoms with Gasteiger partial charge in [0.1, 0.15) is 5.82 Å². The number of hydrogen-bond acceptors (Lipinski definition) is 4. The first-order chi connectivity index (χ1) is 8.43. The molecule has 4 nitrogen and oxygen atoms in total. The summed E-state index contributed by atoms with van der Waals surface area (Å²) in [7, 11) is 1.59. The zero-order valence-electron chi connectivity index (χ0n) is 12.1. The van der Waals surface area contributed by atoms with Gasteiger partial charge >= 0.3 is 0 Å². The van der Waals surface area contributed by atoms with Gasteiger partial charge in [0.15, 0.2) is 0 Å². The van der Waals surface area contributed by atoms with E-state index in [-0.39, 0.29) is 0 Å². The molecule has 0 radical (unpaired) electrons. The van der Waals surface area contributed by atoms with Crippen LogP contribution in [0, 0.1) is 11.8 Å². The fraction of sp³-hybridized carbons (Fsp3) is 0.643. The van der Waals surface area contributed by atoms with E-state index in [0.717, 1.165) is 18.9 Å². The summed E-state index contributed by atoms with van der Waals surface area (Å²) in [4.78, 5) is 6.76. The molecule has 1 aromatic heterocycles. The fourth-order valence-corrected chi connectivity index (χ4v) is 1.92. The Bertz CT molecular complexity index is 367. The van der Waals surface area contributed by atoms with Gasteiger partial charge in [0, 0.05) is 13.1 Å². The lowest BCUT2D eigenvalue weighted by Gasteiger charge is -2.27. The monoisotopic (exact) mass is 251 g/mol. The molecule has 0 aliphatic heterocycles. The van der Waals surface area contributed by atoms with Crippen molar-refractivity contribution < 1.29 is 4.74 Å². The van der Waals surface area contributed by atoms with Crippen LogP contribution in [0.15, 0.2) is 12.1 Å². The molecule has 18 heavy (non-hydrogen) atoms. The van der Waals surface area contributed by atoms with Gasteiger partial charge in [-0.1, -0.05) is 27.7 Å². The number of methoxy groups -OCH3 is 1. The van der Waals surface area contributed by atoms with Crippen LogP contribution in [-0.4, -0.2) is 25.2 Å². The van der Waals surface area contributed by atoms with Crippen molar-refractivity contribution in [3.05, 3.63) is 12.1 Å². The molecule has 1 heterocycles. The van der Waals surface area contributed by atoms with Crippen LogP contribution >= 0.6 is 0 Å². The van der Waals surface area contributed by atoms with Gasteiger partial charge in [-0.2, -0.15) is 4.98 Å². The highest BCUT2D eigenvalue weighted by atomic mass is 16.5. The van der Waals surface area contributed by atoms with Crippen LogP contribution in [0.2, 0.25) is 0 Å². The maximum Gasteiger partial charge on any atom is 0.238 e. The first kappa shape index (κ1) is 14.6. The van der Waals surface area contributed by atoms with Crippen LogP contribution in [0.25, 0.3) is 0 Å². The number of nitrogen functional groups attached to an aromatic ring is 1. The second-order valence-electron chi connectivity index (χ2n) is 5.46. The van der Waals surface area contributed by atoms with Crippen molar-refractivity contribution in [2.75, 3.05) is 30.8 Å². The zero-order valence-corrected chi connectivity index (χ0v) is 12.1. The highest BCUT2D eigenvalue weighted by Gasteiger charge is 2.13. The molecule has 0 spiro atoms. The van der Waals surface area contributed by atoms with E-state index in [0.29, 0.717) is 23.4 Å². The summed E-state index contributed by atoms with van der Waals surface area (Å²) in [5.41, 5.74) is 6.38. The van der Waals surface area contributed by atoms with Gasteiger partial charge in [-0.25, -0.2) is 0 Å². The SMILES string of the molecule is COc1nc(N(CC(C)C)CC(C)C)ccc1N. The van der Waals surface area contributed by atoms with Crippen LogP contribution in [0.1, 0.15) is 27.7 Å². The number of aromatic nitrogens is 1. The molecule has 0 fully saturated rings. The number of pyridine rings is 1. The van der Waals surface area contributed by atoms with E-state index in [1.54, 1.807) is 7.11 Å². The molecule has 1 aromatic rings. The summed E-state index contributed by atoms with van der Waals surface area (Å²) in [5, 5.41) is 0. The van der Waals surface area contributed by atoms with Crippen molar-refractivity contribution >= 4 is 11.5 Å². The average Bonchev–Trinajstić information content (AvgIpc) is 2.27. The minimum Gasteiger partial charge on any atom is -0.479 e. The lowest BCUT2D eigenvalue weighted by molar-refractivity contribution is 0.399.